The van der Waals surface area contributed by atoms with E-state index in [1.54, 1.807) is 31.2 Å². The zero-order valence-electron chi connectivity index (χ0n) is 10.5. The summed E-state index contributed by atoms with van der Waals surface area (Å²) in [5.74, 6) is -0.774. The summed E-state index contributed by atoms with van der Waals surface area (Å²) in [6.45, 7) is 1.56. The Hall–Kier alpha value is -2.04. The molecule has 0 heterocycles. The van der Waals surface area contributed by atoms with Crippen molar-refractivity contribution in [3.63, 3.8) is 0 Å². The van der Waals surface area contributed by atoms with Crippen LogP contribution in [0.1, 0.15) is 13.3 Å². The lowest BCUT2D eigenvalue weighted by Gasteiger charge is -2.23. The van der Waals surface area contributed by atoms with E-state index in [0.29, 0.717) is 12.2 Å². The van der Waals surface area contributed by atoms with Crippen molar-refractivity contribution in [2.45, 2.75) is 19.4 Å². The summed E-state index contributed by atoms with van der Waals surface area (Å²) in [7, 11) is 1.47. The first kappa shape index (κ1) is 14.0. The molecule has 0 aliphatic rings. The van der Waals surface area contributed by atoms with Crippen molar-refractivity contribution in [2.75, 3.05) is 13.7 Å². The highest BCUT2D eigenvalue weighted by atomic mass is 16.5. The molecule has 0 radical (unpaired) electrons. The van der Waals surface area contributed by atoms with E-state index in [1.165, 1.54) is 11.9 Å². The Morgan fingerprint density at radius 2 is 1.94 bits per heavy atom. The van der Waals surface area contributed by atoms with Gasteiger partial charge in [-0.3, -0.25) is 4.79 Å². The number of carbonyl (C=O) groups excluding carboxylic acids is 1. The number of para-hydroxylation sites is 1. The normalized spacial score (nSPS) is 11.7. The molecule has 98 valence electrons. The lowest BCUT2D eigenvalue weighted by Crippen LogP contribution is -2.44. The van der Waals surface area contributed by atoms with Crippen molar-refractivity contribution in [1.82, 2.24) is 4.90 Å². The van der Waals surface area contributed by atoms with E-state index in [-0.39, 0.29) is 12.5 Å². The number of likely N-dealkylation sites (N-methyl/N-ethyl adjacent to an activating group) is 1. The molecular formula is C13H17NO4. The molecule has 1 atom stereocenters. The summed E-state index contributed by atoms with van der Waals surface area (Å²) in [4.78, 5) is 23.9. The van der Waals surface area contributed by atoms with Gasteiger partial charge in [0.25, 0.3) is 5.91 Å². The molecule has 0 spiro atoms. The summed E-state index contributed by atoms with van der Waals surface area (Å²) in [5.41, 5.74) is 0. The van der Waals surface area contributed by atoms with Gasteiger partial charge in [0.15, 0.2) is 6.61 Å². The second-order valence-electron chi connectivity index (χ2n) is 3.87. The van der Waals surface area contributed by atoms with E-state index in [2.05, 4.69) is 0 Å². The van der Waals surface area contributed by atoms with E-state index in [4.69, 9.17) is 9.84 Å². The molecule has 0 aliphatic heterocycles. The molecule has 0 saturated carbocycles. The molecule has 1 unspecified atom stereocenters. The minimum absolute atomic E-state index is 0.162. The Morgan fingerprint density at radius 1 is 1.33 bits per heavy atom. The summed E-state index contributed by atoms with van der Waals surface area (Å²) >= 11 is 0. The van der Waals surface area contributed by atoms with Crippen molar-refractivity contribution in [1.29, 1.82) is 0 Å². The summed E-state index contributed by atoms with van der Waals surface area (Å²) in [5, 5.41) is 8.94. The molecule has 0 saturated heterocycles. The molecule has 1 aromatic rings. The van der Waals surface area contributed by atoms with E-state index in [1.807, 2.05) is 6.07 Å². The predicted molar refractivity (Wildman–Crippen MR) is 66.4 cm³/mol. The molecule has 5 nitrogen and oxygen atoms in total. The molecule has 18 heavy (non-hydrogen) atoms. The number of rotatable bonds is 6. The quantitative estimate of drug-likeness (QED) is 0.829. The van der Waals surface area contributed by atoms with Gasteiger partial charge in [-0.1, -0.05) is 25.1 Å². The number of aliphatic carboxylic acids is 1. The largest absolute Gasteiger partial charge is 0.484 e. The number of hydrogen-bond donors (Lipinski definition) is 1. The highest BCUT2D eigenvalue weighted by molar-refractivity contribution is 5.84. The maximum absolute atomic E-state index is 11.8. The highest BCUT2D eigenvalue weighted by Crippen LogP contribution is 2.09. The van der Waals surface area contributed by atoms with Gasteiger partial charge in [-0.15, -0.1) is 0 Å². The van der Waals surface area contributed by atoms with Crippen LogP contribution in [0.4, 0.5) is 0 Å². The molecule has 1 N–H and O–H groups in total. The first-order chi connectivity index (χ1) is 8.56. The number of carboxylic acids is 1. The molecule has 5 heteroatoms. The fourth-order valence-electron chi connectivity index (χ4n) is 1.55. The number of carboxylic acid groups (broad SMARTS) is 1. The van der Waals surface area contributed by atoms with Crippen LogP contribution in [0.3, 0.4) is 0 Å². The fraction of sp³-hybridized carbons (Fsp3) is 0.385. The molecule has 0 aromatic heterocycles. The minimum Gasteiger partial charge on any atom is -0.484 e. The average Bonchev–Trinajstić information content (AvgIpc) is 2.37. The highest BCUT2D eigenvalue weighted by Gasteiger charge is 2.24. The van der Waals surface area contributed by atoms with Crippen LogP contribution in [-0.4, -0.2) is 41.6 Å². The van der Waals surface area contributed by atoms with Crippen LogP contribution in [0.5, 0.6) is 5.75 Å². The predicted octanol–water partition coefficient (Wildman–Crippen LogP) is 1.39. The third kappa shape index (κ3) is 3.76. The third-order valence-electron chi connectivity index (χ3n) is 2.64. The van der Waals surface area contributed by atoms with Crippen molar-refractivity contribution in [3.05, 3.63) is 30.3 Å². The van der Waals surface area contributed by atoms with Gasteiger partial charge < -0.3 is 14.7 Å². The van der Waals surface area contributed by atoms with E-state index < -0.39 is 12.0 Å². The molecule has 0 fully saturated rings. The maximum atomic E-state index is 11.8. The van der Waals surface area contributed by atoms with E-state index in [0.717, 1.165) is 0 Å². The van der Waals surface area contributed by atoms with Crippen molar-refractivity contribution in [3.8, 4) is 5.75 Å². The monoisotopic (exact) mass is 251 g/mol. The topological polar surface area (TPSA) is 66.8 Å². The molecule has 0 aliphatic carbocycles. The Labute approximate surface area is 106 Å². The number of ether oxygens (including phenoxy) is 1. The lowest BCUT2D eigenvalue weighted by molar-refractivity contribution is -0.149. The SMILES string of the molecule is CCC(C(=O)O)N(C)C(=O)COc1ccccc1. The van der Waals surface area contributed by atoms with Crippen molar-refractivity contribution < 1.29 is 19.4 Å². The van der Waals surface area contributed by atoms with Gasteiger partial charge in [-0.05, 0) is 18.6 Å². The molecule has 1 aromatic carbocycles. The van der Waals surface area contributed by atoms with Crippen LogP contribution >= 0.6 is 0 Å². The zero-order chi connectivity index (χ0) is 13.5. The number of hydrogen-bond acceptors (Lipinski definition) is 3. The van der Waals surface area contributed by atoms with Crippen LogP contribution in [0.15, 0.2) is 30.3 Å². The third-order valence-corrected chi connectivity index (χ3v) is 2.64. The number of benzene rings is 1. The van der Waals surface area contributed by atoms with Crippen LogP contribution in [0.25, 0.3) is 0 Å². The van der Waals surface area contributed by atoms with Gasteiger partial charge in [0.1, 0.15) is 11.8 Å². The Balaban J connectivity index is 2.52. The minimum atomic E-state index is -1.01. The van der Waals surface area contributed by atoms with Crippen LogP contribution in [-0.2, 0) is 9.59 Å². The van der Waals surface area contributed by atoms with Crippen molar-refractivity contribution in [2.24, 2.45) is 0 Å². The summed E-state index contributed by atoms with van der Waals surface area (Å²) in [6.07, 6.45) is 0.364. The smallest absolute Gasteiger partial charge is 0.326 e. The van der Waals surface area contributed by atoms with E-state index in [9.17, 15) is 9.59 Å². The Morgan fingerprint density at radius 3 is 2.44 bits per heavy atom. The van der Waals surface area contributed by atoms with Crippen LogP contribution in [0, 0.1) is 0 Å². The average molecular weight is 251 g/mol. The molecule has 0 bridgehead atoms. The summed E-state index contributed by atoms with van der Waals surface area (Å²) in [6, 6.07) is 8.12. The first-order valence-corrected chi connectivity index (χ1v) is 5.72. The maximum Gasteiger partial charge on any atom is 0.326 e. The number of nitrogens with zero attached hydrogens (tertiary/aromatic N) is 1. The lowest BCUT2D eigenvalue weighted by atomic mass is 10.2. The van der Waals surface area contributed by atoms with Gasteiger partial charge in [0.05, 0.1) is 0 Å². The number of carbonyl (C=O) groups is 2. The van der Waals surface area contributed by atoms with Crippen LogP contribution < -0.4 is 4.74 Å². The molecular weight excluding hydrogens is 234 g/mol. The van der Waals surface area contributed by atoms with Gasteiger partial charge in [0, 0.05) is 7.05 Å². The summed E-state index contributed by atoms with van der Waals surface area (Å²) < 4.78 is 5.28. The zero-order valence-corrected chi connectivity index (χ0v) is 10.5. The standard InChI is InChI=1S/C13H17NO4/c1-3-11(13(16)17)14(2)12(15)9-18-10-7-5-4-6-8-10/h4-8,11H,3,9H2,1-2H3,(H,16,17). The first-order valence-electron chi connectivity index (χ1n) is 5.72. The van der Waals surface area contributed by atoms with Crippen LogP contribution in [0.2, 0.25) is 0 Å². The Kier molecular flexibility index (Phi) is 5.17. The van der Waals surface area contributed by atoms with Gasteiger partial charge in [-0.25, -0.2) is 4.79 Å². The Bertz CT molecular complexity index is 405. The second kappa shape index (κ2) is 6.64. The number of amides is 1. The van der Waals surface area contributed by atoms with Crippen molar-refractivity contribution >= 4 is 11.9 Å². The van der Waals surface area contributed by atoms with Gasteiger partial charge in [-0.2, -0.15) is 0 Å². The molecule has 1 rings (SSSR count). The van der Waals surface area contributed by atoms with Gasteiger partial charge >= 0.3 is 5.97 Å². The van der Waals surface area contributed by atoms with E-state index >= 15 is 0 Å². The second-order valence-corrected chi connectivity index (χ2v) is 3.87. The fourth-order valence-corrected chi connectivity index (χ4v) is 1.55. The van der Waals surface area contributed by atoms with Gasteiger partial charge in [0.2, 0.25) is 0 Å². The molecule has 1 amide bonds.